The standard InChI is InChI=1S/C14H18BrNO3/c1-4-7-14(3,13(18)19)16-12(17)10-5-6-11(15)9(2)8-10/h5-6,8H,4,7H2,1-3H3,(H,16,17)(H,18,19). The Bertz CT molecular complexity index is 501. The van der Waals surface area contributed by atoms with E-state index < -0.39 is 11.5 Å². The van der Waals surface area contributed by atoms with Crippen LogP contribution in [-0.4, -0.2) is 22.5 Å². The number of hydrogen-bond donors (Lipinski definition) is 2. The largest absolute Gasteiger partial charge is 0.480 e. The average molecular weight is 328 g/mol. The van der Waals surface area contributed by atoms with Gasteiger partial charge in [-0.05, 0) is 44.0 Å². The number of aliphatic carboxylic acids is 1. The summed E-state index contributed by atoms with van der Waals surface area (Å²) < 4.78 is 0.915. The van der Waals surface area contributed by atoms with Crippen molar-refractivity contribution in [1.82, 2.24) is 5.32 Å². The third kappa shape index (κ3) is 3.80. The first-order valence-corrected chi connectivity index (χ1v) is 6.91. The maximum atomic E-state index is 12.1. The van der Waals surface area contributed by atoms with Crippen molar-refractivity contribution in [1.29, 1.82) is 0 Å². The van der Waals surface area contributed by atoms with Crippen molar-refractivity contribution in [3.63, 3.8) is 0 Å². The van der Waals surface area contributed by atoms with Crippen LogP contribution in [0.2, 0.25) is 0 Å². The highest BCUT2D eigenvalue weighted by Crippen LogP contribution is 2.19. The molecule has 1 amide bonds. The highest BCUT2D eigenvalue weighted by Gasteiger charge is 2.34. The predicted molar refractivity (Wildman–Crippen MR) is 77.3 cm³/mol. The molecule has 0 bridgehead atoms. The molecule has 0 radical (unpaired) electrons. The summed E-state index contributed by atoms with van der Waals surface area (Å²) in [5.41, 5.74) is 0.164. The maximum absolute atomic E-state index is 12.1. The van der Waals surface area contributed by atoms with Crippen molar-refractivity contribution in [2.24, 2.45) is 0 Å². The number of nitrogens with one attached hydrogen (secondary N) is 1. The lowest BCUT2D eigenvalue weighted by molar-refractivity contribution is -0.144. The molecule has 1 atom stereocenters. The smallest absolute Gasteiger partial charge is 0.329 e. The van der Waals surface area contributed by atoms with Crippen molar-refractivity contribution >= 4 is 27.8 Å². The first kappa shape index (κ1) is 15.7. The van der Waals surface area contributed by atoms with Crippen molar-refractivity contribution in [2.45, 2.75) is 39.2 Å². The molecule has 4 nitrogen and oxygen atoms in total. The monoisotopic (exact) mass is 327 g/mol. The van der Waals surface area contributed by atoms with Gasteiger partial charge in [-0.2, -0.15) is 0 Å². The molecule has 0 aliphatic heterocycles. The number of carbonyl (C=O) groups excluding carboxylic acids is 1. The second-order valence-electron chi connectivity index (χ2n) is 4.81. The van der Waals surface area contributed by atoms with E-state index in [0.717, 1.165) is 10.0 Å². The fourth-order valence-electron chi connectivity index (χ4n) is 1.83. The molecule has 19 heavy (non-hydrogen) atoms. The molecule has 2 N–H and O–H groups in total. The van der Waals surface area contributed by atoms with Crippen LogP contribution < -0.4 is 5.32 Å². The zero-order valence-electron chi connectivity index (χ0n) is 11.3. The number of amides is 1. The summed E-state index contributed by atoms with van der Waals surface area (Å²) >= 11 is 3.36. The predicted octanol–water partition coefficient (Wildman–Crippen LogP) is 3.13. The van der Waals surface area contributed by atoms with E-state index in [2.05, 4.69) is 21.2 Å². The molecule has 1 unspecified atom stereocenters. The van der Waals surface area contributed by atoms with Gasteiger partial charge in [0, 0.05) is 10.0 Å². The van der Waals surface area contributed by atoms with Gasteiger partial charge >= 0.3 is 5.97 Å². The molecule has 0 spiro atoms. The molecule has 1 aromatic carbocycles. The highest BCUT2D eigenvalue weighted by molar-refractivity contribution is 9.10. The van der Waals surface area contributed by atoms with E-state index in [0.29, 0.717) is 18.4 Å². The molecule has 0 saturated carbocycles. The third-order valence-electron chi connectivity index (χ3n) is 3.03. The second kappa shape index (κ2) is 6.19. The molecule has 0 saturated heterocycles. The number of benzene rings is 1. The average Bonchev–Trinajstić information content (AvgIpc) is 2.32. The minimum absolute atomic E-state index is 0.367. The van der Waals surface area contributed by atoms with Gasteiger partial charge < -0.3 is 10.4 Å². The molecular weight excluding hydrogens is 310 g/mol. The highest BCUT2D eigenvalue weighted by atomic mass is 79.9. The zero-order chi connectivity index (χ0) is 14.6. The zero-order valence-corrected chi connectivity index (χ0v) is 12.9. The van der Waals surface area contributed by atoms with E-state index >= 15 is 0 Å². The Morgan fingerprint density at radius 2 is 2.05 bits per heavy atom. The number of rotatable bonds is 5. The van der Waals surface area contributed by atoms with Gasteiger partial charge in [0.15, 0.2) is 0 Å². The van der Waals surface area contributed by atoms with Gasteiger partial charge in [0.25, 0.3) is 5.91 Å². The summed E-state index contributed by atoms with van der Waals surface area (Å²) in [6, 6.07) is 5.18. The van der Waals surface area contributed by atoms with Crippen molar-refractivity contribution < 1.29 is 14.7 Å². The quantitative estimate of drug-likeness (QED) is 0.873. The Hall–Kier alpha value is -1.36. The van der Waals surface area contributed by atoms with Crippen molar-refractivity contribution in [3.8, 4) is 0 Å². The molecule has 104 valence electrons. The van der Waals surface area contributed by atoms with Gasteiger partial charge in [-0.3, -0.25) is 4.79 Å². The number of carboxylic acids is 1. The molecule has 1 rings (SSSR count). The third-order valence-corrected chi connectivity index (χ3v) is 3.92. The summed E-state index contributed by atoms with van der Waals surface area (Å²) in [7, 11) is 0. The summed E-state index contributed by atoms with van der Waals surface area (Å²) in [6.07, 6.45) is 1.08. The molecular formula is C14H18BrNO3. The first-order chi connectivity index (χ1) is 8.80. The van der Waals surface area contributed by atoms with Crippen LogP contribution >= 0.6 is 15.9 Å². The molecule has 0 heterocycles. The SMILES string of the molecule is CCCC(C)(NC(=O)c1ccc(Br)c(C)c1)C(=O)O. The van der Waals surface area contributed by atoms with Gasteiger partial charge in [-0.25, -0.2) is 4.79 Å². The van der Waals surface area contributed by atoms with E-state index in [4.69, 9.17) is 0 Å². The number of hydrogen-bond acceptors (Lipinski definition) is 2. The molecule has 0 aliphatic carbocycles. The summed E-state index contributed by atoms with van der Waals surface area (Å²) in [5, 5.41) is 11.8. The van der Waals surface area contributed by atoms with E-state index in [1.165, 1.54) is 6.92 Å². The topological polar surface area (TPSA) is 66.4 Å². The normalized spacial score (nSPS) is 13.7. The van der Waals surface area contributed by atoms with Gasteiger partial charge in [0.1, 0.15) is 5.54 Å². The van der Waals surface area contributed by atoms with Crippen LogP contribution in [0.4, 0.5) is 0 Å². The van der Waals surface area contributed by atoms with Crippen LogP contribution in [0.1, 0.15) is 42.6 Å². The Morgan fingerprint density at radius 3 is 2.53 bits per heavy atom. The Balaban J connectivity index is 2.94. The summed E-state index contributed by atoms with van der Waals surface area (Å²) in [6.45, 7) is 5.29. The lowest BCUT2D eigenvalue weighted by Gasteiger charge is -2.25. The summed E-state index contributed by atoms with van der Waals surface area (Å²) in [4.78, 5) is 23.4. The lowest BCUT2D eigenvalue weighted by atomic mass is 9.95. The van der Waals surface area contributed by atoms with Crippen LogP contribution in [0, 0.1) is 6.92 Å². The number of halogens is 1. The fourth-order valence-corrected chi connectivity index (χ4v) is 2.08. The van der Waals surface area contributed by atoms with Crippen LogP contribution in [0.3, 0.4) is 0 Å². The van der Waals surface area contributed by atoms with Crippen molar-refractivity contribution in [2.75, 3.05) is 0 Å². The van der Waals surface area contributed by atoms with Crippen molar-refractivity contribution in [3.05, 3.63) is 33.8 Å². The van der Waals surface area contributed by atoms with Crippen LogP contribution in [-0.2, 0) is 4.79 Å². The minimum atomic E-state index is -1.23. The fraction of sp³-hybridized carbons (Fsp3) is 0.429. The van der Waals surface area contributed by atoms with Crippen LogP contribution in [0.15, 0.2) is 22.7 Å². The molecule has 0 aromatic heterocycles. The second-order valence-corrected chi connectivity index (χ2v) is 5.66. The van der Waals surface area contributed by atoms with Gasteiger partial charge in [-0.1, -0.05) is 29.3 Å². The maximum Gasteiger partial charge on any atom is 0.329 e. The molecule has 1 aromatic rings. The number of aryl methyl sites for hydroxylation is 1. The van der Waals surface area contributed by atoms with E-state index in [1.807, 2.05) is 13.8 Å². The number of carbonyl (C=O) groups is 2. The van der Waals surface area contributed by atoms with Crippen LogP contribution in [0.25, 0.3) is 0 Å². The molecule has 0 fully saturated rings. The Labute approximate surface area is 121 Å². The number of carboxylic acid groups (broad SMARTS) is 1. The van der Waals surface area contributed by atoms with E-state index in [-0.39, 0.29) is 5.91 Å². The minimum Gasteiger partial charge on any atom is -0.480 e. The molecule has 0 aliphatic rings. The van der Waals surface area contributed by atoms with Gasteiger partial charge in [-0.15, -0.1) is 0 Å². The van der Waals surface area contributed by atoms with Gasteiger partial charge in [0.2, 0.25) is 0 Å². The van der Waals surface area contributed by atoms with Gasteiger partial charge in [0.05, 0.1) is 0 Å². The van der Waals surface area contributed by atoms with E-state index in [1.54, 1.807) is 18.2 Å². The lowest BCUT2D eigenvalue weighted by Crippen LogP contribution is -2.52. The molecule has 5 heteroatoms. The van der Waals surface area contributed by atoms with E-state index in [9.17, 15) is 14.7 Å². The Kier molecular flexibility index (Phi) is 5.11. The summed E-state index contributed by atoms with van der Waals surface area (Å²) in [5.74, 6) is -1.38. The van der Waals surface area contributed by atoms with Crippen LogP contribution in [0.5, 0.6) is 0 Å². The Morgan fingerprint density at radius 1 is 1.42 bits per heavy atom. The first-order valence-electron chi connectivity index (χ1n) is 6.12.